The van der Waals surface area contributed by atoms with Gasteiger partial charge in [0.25, 0.3) is 0 Å². The van der Waals surface area contributed by atoms with Gasteiger partial charge < -0.3 is 32.6 Å². The maximum absolute atomic E-state index is 13.5. The van der Waals surface area contributed by atoms with Crippen LogP contribution in [0.1, 0.15) is 31.9 Å². The average molecular weight is 440 g/mol. The standard InChI is InChI=1S/C18H25BF3N2O4.K/c1-12-14(19(20,21)22)9-13(11-16(25)26)10-15(12)23-5-7-24(8-6-23)17(27)28-18(2,3)4;/h9-10H,5-8,11H2,1-4H3,(H,25,26);/q-1;+1. The van der Waals surface area contributed by atoms with Crippen LogP contribution in [0.5, 0.6) is 0 Å². The van der Waals surface area contributed by atoms with Crippen LogP contribution in [0.3, 0.4) is 0 Å². The second-order valence-corrected chi connectivity index (χ2v) is 7.93. The number of carboxylic acid groups (broad SMARTS) is 1. The normalized spacial score (nSPS) is 15.0. The molecule has 1 fully saturated rings. The number of amides is 1. The first-order valence-electron chi connectivity index (χ1n) is 9.06. The molecule has 11 heteroatoms. The minimum atomic E-state index is -5.27. The van der Waals surface area contributed by atoms with Gasteiger partial charge in [0, 0.05) is 31.9 Å². The van der Waals surface area contributed by atoms with E-state index in [2.05, 4.69) is 0 Å². The summed E-state index contributed by atoms with van der Waals surface area (Å²) in [4.78, 5) is 26.4. The molecule has 29 heavy (non-hydrogen) atoms. The molecule has 1 saturated heterocycles. The predicted octanol–water partition coefficient (Wildman–Crippen LogP) is -0.262. The molecule has 1 heterocycles. The first-order chi connectivity index (χ1) is 12.8. The van der Waals surface area contributed by atoms with E-state index in [9.17, 15) is 22.5 Å². The fraction of sp³-hybridized carbons (Fsp3) is 0.556. The number of hydrogen-bond donors (Lipinski definition) is 1. The fourth-order valence-corrected chi connectivity index (χ4v) is 3.18. The van der Waals surface area contributed by atoms with Gasteiger partial charge >= 0.3 is 70.4 Å². The molecule has 0 aromatic heterocycles. The molecule has 0 atom stereocenters. The summed E-state index contributed by atoms with van der Waals surface area (Å²) in [5.74, 6) is -1.19. The summed E-state index contributed by atoms with van der Waals surface area (Å²) in [5.41, 5.74) is -0.857. The summed E-state index contributed by atoms with van der Waals surface area (Å²) in [6, 6.07) is 2.42. The number of carbonyl (C=O) groups excluding carboxylic acids is 1. The summed E-state index contributed by atoms with van der Waals surface area (Å²) in [5, 5.41) is 8.97. The summed E-state index contributed by atoms with van der Waals surface area (Å²) in [7, 11) is 0. The van der Waals surface area contributed by atoms with Crippen molar-refractivity contribution in [2.45, 2.75) is 39.7 Å². The molecule has 0 radical (unpaired) electrons. The second kappa shape index (κ2) is 10.0. The average Bonchev–Trinajstić information content (AvgIpc) is 2.53. The van der Waals surface area contributed by atoms with Gasteiger partial charge in [-0.3, -0.25) is 4.79 Å². The van der Waals surface area contributed by atoms with Crippen LogP contribution in [0.4, 0.5) is 23.4 Å². The number of anilines is 1. The number of ether oxygens (including phenoxy) is 1. The van der Waals surface area contributed by atoms with Crippen LogP contribution in [0.15, 0.2) is 12.1 Å². The van der Waals surface area contributed by atoms with Crippen molar-refractivity contribution in [2.75, 3.05) is 31.1 Å². The van der Waals surface area contributed by atoms with Gasteiger partial charge in [-0.25, -0.2) is 4.79 Å². The molecule has 1 aromatic rings. The molecular formula is C18H25BF3KN2O4. The van der Waals surface area contributed by atoms with Crippen molar-refractivity contribution >= 4 is 30.2 Å². The smallest absolute Gasteiger partial charge is 0.481 e. The Balaban J connectivity index is 0.00000420. The molecule has 1 amide bonds. The van der Waals surface area contributed by atoms with Crippen LogP contribution in [0, 0.1) is 6.92 Å². The number of hydrogen-bond acceptors (Lipinski definition) is 4. The largest absolute Gasteiger partial charge is 1.00 e. The van der Waals surface area contributed by atoms with E-state index >= 15 is 0 Å². The van der Waals surface area contributed by atoms with Gasteiger partial charge in [0.2, 0.25) is 0 Å². The Kier molecular flexibility index (Phi) is 9.10. The summed E-state index contributed by atoms with van der Waals surface area (Å²) >= 11 is 0. The summed E-state index contributed by atoms with van der Waals surface area (Å²) in [6.45, 7) is 2.70. The van der Waals surface area contributed by atoms with E-state index in [1.165, 1.54) is 17.9 Å². The van der Waals surface area contributed by atoms with Crippen LogP contribution in [0.25, 0.3) is 0 Å². The van der Waals surface area contributed by atoms with E-state index in [0.717, 1.165) is 6.07 Å². The Labute approximate surface area is 211 Å². The first-order valence-corrected chi connectivity index (χ1v) is 9.06. The zero-order chi connectivity index (χ0) is 21.3. The summed E-state index contributed by atoms with van der Waals surface area (Å²) in [6.07, 6.45) is -0.938. The third-order valence-electron chi connectivity index (χ3n) is 4.46. The Morgan fingerprint density at radius 2 is 1.69 bits per heavy atom. The molecule has 0 unspecified atom stereocenters. The molecule has 1 N–H and O–H groups in total. The summed E-state index contributed by atoms with van der Waals surface area (Å²) < 4.78 is 45.7. The van der Waals surface area contributed by atoms with Crippen molar-refractivity contribution in [1.29, 1.82) is 0 Å². The number of halogens is 3. The number of carboxylic acids is 1. The van der Waals surface area contributed by atoms with Gasteiger partial charge in [0.05, 0.1) is 6.42 Å². The van der Waals surface area contributed by atoms with Crippen molar-refractivity contribution in [3.63, 3.8) is 0 Å². The van der Waals surface area contributed by atoms with E-state index in [-0.39, 0.29) is 62.5 Å². The van der Waals surface area contributed by atoms with Crippen LogP contribution in [-0.4, -0.2) is 60.8 Å². The number of nitrogens with zero attached hydrogens (tertiary/aromatic N) is 2. The Morgan fingerprint density at radius 1 is 1.14 bits per heavy atom. The molecule has 1 aliphatic rings. The number of benzene rings is 1. The van der Waals surface area contributed by atoms with Crippen molar-refractivity contribution in [3.8, 4) is 0 Å². The van der Waals surface area contributed by atoms with Crippen LogP contribution >= 0.6 is 0 Å². The second-order valence-electron chi connectivity index (χ2n) is 7.93. The Morgan fingerprint density at radius 3 is 2.14 bits per heavy atom. The maximum Gasteiger partial charge on any atom is 1.00 e. The minimum Gasteiger partial charge on any atom is -0.481 e. The quantitative estimate of drug-likeness (QED) is 0.654. The van der Waals surface area contributed by atoms with E-state index in [1.54, 1.807) is 25.7 Å². The van der Waals surface area contributed by atoms with Gasteiger partial charge in [-0.2, -0.15) is 0 Å². The minimum absolute atomic E-state index is 0. The number of rotatable bonds is 4. The molecule has 1 aromatic carbocycles. The van der Waals surface area contributed by atoms with E-state index in [4.69, 9.17) is 9.84 Å². The molecule has 2 rings (SSSR count). The van der Waals surface area contributed by atoms with Gasteiger partial charge in [0.15, 0.2) is 0 Å². The number of piperazine rings is 1. The third kappa shape index (κ3) is 7.46. The molecule has 6 nitrogen and oxygen atoms in total. The monoisotopic (exact) mass is 440 g/mol. The Bertz CT molecular complexity index is 761. The number of aliphatic carboxylic acids is 1. The van der Waals surface area contributed by atoms with Crippen LogP contribution in [-0.2, 0) is 16.0 Å². The Hall–Kier alpha value is -0.749. The third-order valence-corrected chi connectivity index (χ3v) is 4.46. The molecule has 0 saturated carbocycles. The molecule has 156 valence electrons. The zero-order valence-corrected chi connectivity index (χ0v) is 20.6. The molecule has 0 aliphatic carbocycles. The molecule has 0 spiro atoms. The van der Waals surface area contributed by atoms with Crippen molar-refractivity contribution in [3.05, 3.63) is 23.3 Å². The van der Waals surface area contributed by atoms with Crippen molar-refractivity contribution < 1.29 is 83.8 Å². The van der Waals surface area contributed by atoms with Gasteiger partial charge in [0.1, 0.15) is 5.60 Å². The van der Waals surface area contributed by atoms with Crippen molar-refractivity contribution in [2.24, 2.45) is 0 Å². The fourth-order valence-electron chi connectivity index (χ4n) is 3.18. The zero-order valence-electron chi connectivity index (χ0n) is 17.5. The van der Waals surface area contributed by atoms with Gasteiger partial charge in [-0.1, -0.05) is 11.6 Å². The number of carbonyl (C=O) groups is 2. The van der Waals surface area contributed by atoms with E-state index in [0.29, 0.717) is 31.9 Å². The first kappa shape index (κ1) is 26.3. The van der Waals surface area contributed by atoms with Gasteiger partial charge in [-0.05, 0) is 39.3 Å². The van der Waals surface area contributed by atoms with E-state index < -0.39 is 36.5 Å². The topological polar surface area (TPSA) is 70.1 Å². The molecule has 1 aliphatic heterocycles. The molecular weight excluding hydrogens is 415 g/mol. The maximum atomic E-state index is 13.5. The predicted molar refractivity (Wildman–Crippen MR) is 101 cm³/mol. The molecule has 0 bridgehead atoms. The van der Waals surface area contributed by atoms with E-state index in [1.807, 2.05) is 0 Å². The van der Waals surface area contributed by atoms with Crippen molar-refractivity contribution in [1.82, 2.24) is 4.90 Å². The van der Waals surface area contributed by atoms with Crippen LogP contribution < -0.4 is 61.7 Å². The van der Waals surface area contributed by atoms with Gasteiger partial charge in [-0.15, -0.1) is 5.46 Å². The van der Waals surface area contributed by atoms with Crippen LogP contribution in [0.2, 0.25) is 0 Å². The SMILES string of the molecule is Cc1c(N2CCN(C(=O)OC(C)(C)C)CC2)cc(CC(=O)O)cc1[B-](F)(F)F.[K+].